The van der Waals surface area contributed by atoms with Crippen LogP contribution < -0.4 is 5.32 Å². The molecule has 0 aliphatic rings. The highest BCUT2D eigenvalue weighted by atomic mass is 14.9. The summed E-state index contributed by atoms with van der Waals surface area (Å²) in [5.41, 5.74) is 4.18. The first kappa shape index (κ1) is 14.2. The smallest absolute Gasteiger partial charge is 0.0346 e. The van der Waals surface area contributed by atoms with Gasteiger partial charge < -0.3 is 5.32 Å². The minimum atomic E-state index is 0.499. The lowest BCUT2D eigenvalue weighted by Gasteiger charge is -2.25. The molecule has 0 spiro atoms. The van der Waals surface area contributed by atoms with Crippen molar-refractivity contribution in [1.82, 2.24) is 5.32 Å². The van der Waals surface area contributed by atoms with E-state index < -0.39 is 0 Å². The Morgan fingerprint density at radius 1 is 1.06 bits per heavy atom. The second kappa shape index (κ2) is 6.80. The molecule has 0 bridgehead atoms. The van der Waals surface area contributed by atoms with Crippen molar-refractivity contribution in [2.45, 2.75) is 53.5 Å². The minimum Gasteiger partial charge on any atom is -0.310 e. The first-order valence-corrected chi connectivity index (χ1v) is 6.90. The SMILES string of the molecule is CCCNC(c1cc(C)cc(C)c1)C(C)CC. The predicted molar refractivity (Wildman–Crippen MR) is 76.4 cm³/mol. The molecule has 1 rings (SSSR count). The summed E-state index contributed by atoms with van der Waals surface area (Å²) >= 11 is 0. The van der Waals surface area contributed by atoms with Crippen molar-refractivity contribution < 1.29 is 0 Å². The van der Waals surface area contributed by atoms with Gasteiger partial charge in [-0.05, 0) is 38.3 Å². The van der Waals surface area contributed by atoms with Crippen LogP contribution >= 0.6 is 0 Å². The summed E-state index contributed by atoms with van der Waals surface area (Å²) in [4.78, 5) is 0. The summed E-state index contributed by atoms with van der Waals surface area (Å²) in [6, 6.07) is 7.40. The number of rotatable bonds is 6. The summed E-state index contributed by atoms with van der Waals surface area (Å²) in [6.45, 7) is 12.3. The van der Waals surface area contributed by atoms with Gasteiger partial charge in [0.25, 0.3) is 0 Å². The normalized spacial score (nSPS) is 14.6. The lowest BCUT2D eigenvalue weighted by molar-refractivity contribution is 0.377. The maximum Gasteiger partial charge on any atom is 0.0346 e. The molecule has 0 aromatic heterocycles. The molecule has 2 unspecified atom stereocenters. The number of hydrogen-bond donors (Lipinski definition) is 1. The third-order valence-corrected chi connectivity index (χ3v) is 3.43. The molecule has 1 heteroatoms. The van der Waals surface area contributed by atoms with Gasteiger partial charge in [-0.15, -0.1) is 0 Å². The fraction of sp³-hybridized carbons (Fsp3) is 0.625. The molecule has 0 fully saturated rings. The fourth-order valence-electron chi connectivity index (χ4n) is 2.37. The zero-order chi connectivity index (χ0) is 12.8. The van der Waals surface area contributed by atoms with Crippen LogP contribution in [0.3, 0.4) is 0 Å². The van der Waals surface area contributed by atoms with Crippen LogP contribution in [-0.2, 0) is 0 Å². The van der Waals surface area contributed by atoms with Gasteiger partial charge >= 0.3 is 0 Å². The van der Waals surface area contributed by atoms with Crippen LogP contribution in [0, 0.1) is 19.8 Å². The van der Waals surface area contributed by atoms with E-state index in [2.05, 4.69) is 58.1 Å². The Morgan fingerprint density at radius 3 is 2.12 bits per heavy atom. The molecule has 0 amide bonds. The summed E-state index contributed by atoms with van der Waals surface area (Å²) < 4.78 is 0. The maximum absolute atomic E-state index is 3.69. The van der Waals surface area contributed by atoms with Gasteiger partial charge in [0.05, 0.1) is 0 Å². The first-order chi connectivity index (χ1) is 8.08. The molecule has 0 saturated heterocycles. The molecule has 0 heterocycles. The van der Waals surface area contributed by atoms with Crippen LogP contribution in [0.15, 0.2) is 18.2 Å². The van der Waals surface area contributed by atoms with E-state index in [9.17, 15) is 0 Å². The van der Waals surface area contributed by atoms with Gasteiger partial charge in [0.2, 0.25) is 0 Å². The summed E-state index contributed by atoms with van der Waals surface area (Å²) in [6.07, 6.45) is 2.41. The van der Waals surface area contributed by atoms with Crippen molar-refractivity contribution in [3.05, 3.63) is 34.9 Å². The Labute approximate surface area is 107 Å². The van der Waals surface area contributed by atoms with Crippen LogP contribution in [0.25, 0.3) is 0 Å². The van der Waals surface area contributed by atoms with E-state index in [1.54, 1.807) is 0 Å². The van der Waals surface area contributed by atoms with Crippen molar-refractivity contribution in [1.29, 1.82) is 0 Å². The molecule has 0 saturated carbocycles. The molecule has 96 valence electrons. The maximum atomic E-state index is 3.69. The second-order valence-electron chi connectivity index (χ2n) is 5.24. The molecular weight excluding hydrogens is 206 g/mol. The lowest BCUT2D eigenvalue weighted by Crippen LogP contribution is -2.27. The summed E-state index contributed by atoms with van der Waals surface area (Å²) in [5.74, 6) is 0.683. The Morgan fingerprint density at radius 2 is 1.65 bits per heavy atom. The average Bonchev–Trinajstić information content (AvgIpc) is 2.28. The van der Waals surface area contributed by atoms with E-state index in [0.717, 1.165) is 6.54 Å². The molecular formula is C16H27N. The number of benzene rings is 1. The molecule has 17 heavy (non-hydrogen) atoms. The Balaban J connectivity index is 2.94. The zero-order valence-electron chi connectivity index (χ0n) is 12.0. The summed E-state index contributed by atoms with van der Waals surface area (Å²) in [5, 5.41) is 3.69. The van der Waals surface area contributed by atoms with Crippen LogP contribution in [0.1, 0.15) is 56.3 Å². The van der Waals surface area contributed by atoms with Crippen molar-refractivity contribution in [3.8, 4) is 0 Å². The number of aryl methyl sites for hydroxylation is 2. The van der Waals surface area contributed by atoms with E-state index in [-0.39, 0.29) is 0 Å². The molecule has 1 N–H and O–H groups in total. The highest BCUT2D eigenvalue weighted by Gasteiger charge is 2.17. The van der Waals surface area contributed by atoms with Crippen LogP contribution in [0.2, 0.25) is 0 Å². The van der Waals surface area contributed by atoms with Crippen LogP contribution in [0.4, 0.5) is 0 Å². The summed E-state index contributed by atoms with van der Waals surface area (Å²) in [7, 11) is 0. The Hall–Kier alpha value is -0.820. The Bertz CT molecular complexity index is 323. The van der Waals surface area contributed by atoms with Crippen molar-refractivity contribution in [2.24, 2.45) is 5.92 Å². The first-order valence-electron chi connectivity index (χ1n) is 6.90. The second-order valence-corrected chi connectivity index (χ2v) is 5.24. The molecule has 1 aromatic carbocycles. The molecule has 1 aromatic rings. The monoisotopic (exact) mass is 233 g/mol. The van der Waals surface area contributed by atoms with Crippen LogP contribution in [0.5, 0.6) is 0 Å². The minimum absolute atomic E-state index is 0.499. The lowest BCUT2D eigenvalue weighted by atomic mass is 9.90. The number of nitrogens with one attached hydrogen (secondary N) is 1. The van der Waals surface area contributed by atoms with E-state index in [1.165, 1.54) is 29.5 Å². The predicted octanol–water partition coefficient (Wildman–Crippen LogP) is 4.39. The average molecular weight is 233 g/mol. The molecule has 0 aliphatic carbocycles. The third-order valence-electron chi connectivity index (χ3n) is 3.43. The van der Waals surface area contributed by atoms with Gasteiger partial charge in [-0.25, -0.2) is 0 Å². The topological polar surface area (TPSA) is 12.0 Å². The van der Waals surface area contributed by atoms with Crippen LogP contribution in [-0.4, -0.2) is 6.54 Å². The van der Waals surface area contributed by atoms with Gasteiger partial charge in [0, 0.05) is 6.04 Å². The third kappa shape index (κ3) is 4.16. The zero-order valence-corrected chi connectivity index (χ0v) is 12.0. The quantitative estimate of drug-likeness (QED) is 0.768. The Kier molecular flexibility index (Phi) is 5.70. The highest BCUT2D eigenvalue weighted by Crippen LogP contribution is 2.26. The highest BCUT2D eigenvalue weighted by molar-refractivity contribution is 5.31. The van der Waals surface area contributed by atoms with E-state index in [0.29, 0.717) is 12.0 Å². The fourth-order valence-corrected chi connectivity index (χ4v) is 2.37. The van der Waals surface area contributed by atoms with Crippen molar-refractivity contribution in [2.75, 3.05) is 6.54 Å². The largest absolute Gasteiger partial charge is 0.310 e. The molecule has 1 nitrogen and oxygen atoms in total. The molecule has 0 aliphatic heterocycles. The molecule has 0 radical (unpaired) electrons. The van der Waals surface area contributed by atoms with Gasteiger partial charge in [0.15, 0.2) is 0 Å². The van der Waals surface area contributed by atoms with Crippen molar-refractivity contribution in [3.63, 3.8) is 0 Å². The van der Waals surface area contributed by atoms with Crippen molar-refractivity contribution >= 4 is 0 Å². The van der Waals surface area contributed by atoms with Gasteiger partial charge in [-0.1, -0.05) is 56.5 Å². The van der Waals surface area contributed by atoms with Gasteiger partial charge in [-0.2, -0.15) is 0 Å². The van der Waals surface area contributed by atoms with Gasteiger partial charge in [0.1, 0.15) is 0 Å². The van der Waals surface area contributed by atoms with Gasteiger partial charge in [-0.3, -0.25) is 0 Å². The molecule has 2 atom stereocenters. The van der Waals surface area contributed by atoms with E-state index >= 15 is 0 Å². The van der Waals surface area contributed by atoms with E-state index in [1.807, 2.05) is 0 Å². The standard InChI is InChI=1S/C16H27N/c1-6-8-17-16(14(5)7-2)15-10-12(3)9-13(4)11-15/h9-11,14,16-17H,6-8H2,1-5H3. The number of hydrogen-bond acceptors (Lipinski definition) is 1. The van der Waals surface area contributed by atoms with E-state index in [4.69, 9.17) is 0 Å².